The third-order valence-corrected chi connectivity index (χ3v) is 9.27. The zero-order valence-electron chi connectivity index (χ0n) is 23.7. The Labute approximate surface area is 245 Å². The number of benzene rings is 3. The summed E-state index contributed by atoms with van der Waals surface area (Å²) in [5.74, 6) is -1.82. The first kappa shape index (κ1) is 28.0. The van der Waals surface area contributed by atoms with E-state index in [4.69, 9.17) is 9.47 Å². The monoisotopic (exact) mass is 568 g/mol. The molecule has 3 aliphatic carbocycles. The molecule has 3 aliphatic rings. The molecular weight excluding hydrogens is 532 g/mol. The average molecular weight is 569 g/mol. The summed E-state index contributed by atoms with van der Waals surface area (Å²) in [5, 5.41) is 15.5. The number of carbonyl (C=O) groups excluding carboxylic acids is 2. The highest BCUT2D eigenvalue weighted by atomic mass is 16.5. The number of carboxylic acids is 1. The predicted octanol–water partition coefficient (Wildman–Crippen LogP) is 5.40. The quantitative estimate of drug-likeness (QED) is 0.302. The molecule has 3 N–H and O–H groups in total. The number of amides is 2. The predicted molar refractivity (Wildman–Crippen MR) is 157 cm³/mol. The maximum Gasteiger partial charge on any atom is 0.408 e. The Morgan fingerprint density at radius 1 is 0.905 bits per heavy atom. The molecule has 0 bridgehead atoms. The molecule has 8 heteroatoms. The summed E-state index contributed by atoms with van der Waals surface area (Å²) in [6.07, 6.45) is 2.52. The van der Waals surface area contributed by atoms with Crippen LogP contribution in [0.3, 0.4) is 0 Å². The summed E-state index contributed by atoms with van der Waals surface area (Å²) in [6, 6.07) is 24.4. The van der Waals surface area contributed by atoms with Crippen LogP contribution in [0.15, 0.2) is 78.9 Å². The van der Waals surface area contributed by atoms with Crippen molar-refractivity contribution in [3.05, 3.63) is 95.6 Å². The van der Waals surface area contributed by atoms with E-state index in [1.54, 1.807) is 6.92 Å². The van der Waals surface area contributed by atoms with Crippen LogP contribution < -0.4 is 10.6 Å². The molecule has 8 nitrogen and oxygen atoms in total. The summed E-state index contributed by atoms with van der Waals surface area (Å²) in [4.78, 5) is 39.1. The van der Waals surface area contributed by atoms with E-state index in [9.17, 15) is 19.5 Å². The zero-order valence-corrected chi connectivity index (χ0v) is 23.7. The number of hydrogen-bond donors (Lipinski definition) is 3. The number of alkyl carbamates (subject to hydrolysis) is 1. The molecular formula is C34H36N2O6. The minimum atomic E-state index is -1.28. The SMILES string of the molecule is C[C@H](OCc1ccccc1)[C@@H](NC(=O)C1(NC(=O)OCC2c3ccccc3-c3ccccc32)CC2(CCC2)C1)C(=O)O. The van der Waals surface area contributed by atoms with Crippen molar-refractivity contribution < 1.29 is 29.0 Å². The van der Waals surface area contributed by atoms with Gasteiger partial charge in [0.05, 0.1) is 12.7 Å². The van der Waals surface area contributed by atoms with Gasteiger partial charge in [-0.15, -0.1) is 0 Å². The third kappa shape index (κ3) is 5.27. The smallest absolute Gasteiger partial charge is 0.408 e. The van der Waals surface area contributed by atoms with Gasteiger partial charge in [-0.05, 0) is 65.8 Å². The van der Waals surface area contributed by atoms with E-state index in [-0.39, 0.29) is 24.5 Å². The zero-order chi connectivity index (χ0) is 29.3. The molecule has 2 saturated carbocycles. The molecule has 0 aliphatic heterocycles. The fourth-order valence-corrected chi connectivity index (χ4v) is 6.95. The number of fused-ring (bicyclic) bond motifs is 3. The van der Waals surface area contributed by atoms with Crippen LogP contribution in [0.1, 0.15) is 61.6 Å². The number of rotatable bonds is 10. The molecule has 0 aromatic heterocycles. The number of carboxylic acid groups (broad SMARTS) is 1. The Kier molecular flexibility index (Phi) is 7.49. The van der Waals surface area contributed by atoms with Crippen molar-refractivity contribution in [2.45, 2.75) is 69.2 Å². The standard InChI is InChI=1S/C34H36N2O6/c1-22(41-18-23-10-3-2-4-11-23)29(30(37)38)35-31(39)34(20-33(21-34)16-9-17-33)36-32(40)42-19-28-26-14-7-5-12-24(26)25-13-6-8-15-27(25)28/h2-8,10-15,22,28-29H,9,16-21H2,1H3,(H,35,39)(H,36,40)(H,37,38)/t22-,29+/m0/s1. The fraction of sp³-hybridized carbons (Fsp3) is 0.382. The first-order valence-corrected chi connectivity index (χ1v) is 14.6. The highest BCUT2D eigenvalue weighted by molar-refractivity contribution is 5.94. The molecule has 6 rings (SSSR count). The van der Waals surface area contributed by atoms with Crippen molar-refractivity contribution >= 4 is 18.0 Å². The summed E-state index contributed by atoms with van der Waals surface area (Å²) in [5.41, 5.74) is 4.16. The Balaban J connectivity index is 1.12. The minimum absolute atomic E-state index is 0.0160. The van der Waals surface area contributed by atoms with Crippen molar-refractivity contribution in [2.24, 2.45) is 5.41 Å². The second-order valence-corrected chi connectivity index (χ2v) is 12.0. The molecule has 0 heterocycles. The van der Waals surface area contributed by atoms with Crippen molar-refractivity contribution in [2.75, 3.05) is 6.61 Å². The van der Waals surface area contributed by atoms with Crippen molar-refractivity contribution in [1.29, 1.82) is 0 Å². The topological polar surface area (TPSA) is 114 Å². The van der Waals surface area contributed by atoms with Crippen LogP contribution in [0.5, 0.6) is 0 Å². The van der Waals surface area contributed by atoms with E-state index in [1.165, 1.54) is 0 Å². The van der Waals surface area contributed by atoms with Crippen LogP contribution >= 0.6 is 0 Å². The van der Waals surface area contributed by atoms with Gasteiger partial charge >= 0.3 is 12.1 Å². The number of ether oxygens (including phenoxy) is 2. The van der Waals surface area contributed by atoms with Crippen LogP contribution in [0, 0.1) is 5.41 Å². The number of aliphatic carboxylic acids is 1. The lowest BCUT2D eigenvalue weighted by Crippen LogP contribution is -2.72. The van der Waals surface area contributed by atoms with Gasteiger partial charge in [-0.1, -0.05) is 85.3 Å². The number of nitrogens with one attached hydrogen (secondary N) is 2. The highest BCUT2D eigenvalue weighted by Gasteiger charge is 2.62. The van der Waals surface area contributed by atoms with Gasteiger partial charge in [0.2, 0.25) is 5.91 Å². The van der Waals surface area contributed by atoms with E-state index in [0.29, 0.717) is 12.8 Å². The lowest BCUT2D eigenvalue weighted by atomic mass is 9.48. The second kappa shape index (κ2) is 11.2. The molecule has 0 unspecified atom stereocenters. The van der Waals surface area contributed by atoms with Crippen LogP contribution in [-0.4, -0.2) is 47.4 Å². The van der Waals surface area contributed by atoms with Crippen LogP contribution in [0.25, 0.3) is 11.1 Å². The molecule has 1 spiro atoms. The molecule has 3 aromatic rings. The van der Waals surface area contributed by atoms with Gasteiger partial charge in [-0.3, -0.25) is 4.79 Å². The van der Waals surface area contributed by atoms with Crippen LogP contribution in [0.4, 0.5) is 4.79 Å². The number of carbonyl (C=O) groups is 3. The van der Waals surface area contributed by atoms with Gasteiger partial charge in [0.1, 0.15) is 12.1 Å². The lowest BCUT2D eigenvalue weighted by molar-refractivity contribution is -0.153. The summed E-state index contributed by atoms with van der Waals surface area (Å²) < 4.78 is 11.6. The maximum absolute atomic E-state index is 13.7. The van der Waals surface area contributed by atoms with E-state index in [1.807, 2.05) is 54.6 Å². The third-order valence-electron chi connectivity index (χ3n) is 9.27. The van der Waals surface area contributed by atoms with Crippen molar-refractivity contribution in [1.82, 2.24) is 10.6 Å². The Hall–Kier alpha value is -4.17. The largest absolute Gasteiger partial charge is 0.480 e. The first-order chi connectivity index (χ1) is 20.3. The molecule has 3 aromatic carbocycles. The maximum atomic E-state index is 13.7. The fourth-order valence-electron chi connectivity index (χ4n) is 6.95. The van der Waals surface area contributed by atoms with Gasteiger partial charge in [-0.25, -0.2) is 9.59 Å². The molecule has 218 valence electrons. The van der Waals surface area contributed by atoms with Gasteiger partial charge < -0.3 is 25.2 Å². The molecule has 42 heavy (non-hydrogen) atoms. The molecule has 2 fully saturated rings. The molecule has 2 amide bonds. The van der Waals surface area contributed by atoms with E-state index >= 15 is 0 Å². The van der Waals surface area contributed by atoms with Gasteiger partial charge in [0, 0.05) is 5.92 Å². The molecule has 0 radical (unpaired) electrons. The van der Waals surface area contributed by atoms with Crippen LogP contribution in [0.2, 0.25) is 0 Å². The Morgan fingerprint density at radius 2 is 1.50 bits per heavy atom. The number of hydrogen-bond acceptors (Lipinski definition) is 5. The van der Waals surface area contributed by atoms with Crippen molar-refractivity contribution in [3.8, 4) is 11.1 Å². The molecule has 2 atom stereocenters. The van der Waals surface area contributed by atoms with Crippen molar-refractivity contribution in [3.63, 3.8) is 0 Å². The summed E-state index contributed by atoms with van der Waals surface area (Å²) in [7, 11) is 0. The van der Waals surface area contributed by atoms with E-state index in [0.717, 1.165) is 47.1 Å². The highest BCUT2D eigenvalue weighted by Crippen LogP contribution is 2.60. The second-order valence-electron chi connectivity index (χ2n) is 12.0. The Bertz CT molecular complexity index is 1430. The van der Waals surface area contributed by atoms with E-state index in [2.05, 4.69) is 34.9 Å². The van der Waals surface area contributed by atoms with E-state index < -0.39 is 35.7 Å². The summed E-state index contributed by atoms with van der Waals surface area (Å²) in [6.45, 7) is 1.97. The first-order valence-electron chi connectivity index (χ1n) is 14.6. The lowest BCUT2D eigenvalue weighted by Gasteiger charge is -2.59. The van der Waals surface area contributed by atoms with Crippen LogP contribution in [-0.2, 0) is 25.7 Å². The van der Waals surface area contributed by atoms with Gasteiger partial charge in [0.25, 0.3) is 0 Å². The normalized spacial score (nSPS) is 18.9. The van der Waals surface area contributed by atoms with Gasteiger partial charge in [-0.2, -0.15) is 0 Å². The average Bonchev–Trinajstić information content (AvgIpc) is 3.28. The molecule has 0 saturated heterocycles. The summed E-state index contributed by atoms with van der Waals surface area (Å²) >= 11 is 0. The van der Waals surface area contributed by atoms with Gasteiger partial charge in [0.15, 0.2) is 6.04 Å². The Morgan fingerprint density at radius 3 is 2.07 bits per heavy atom. The minimum Gasteiger partial charge on any atom is -0.480 e.